The van der Waals surface area contributed by atoms with E-state index < -0.39 is 6.03 Å². The summed E-state index contributed by atoms with van der Waals surface area (Å²) in [6.45, 7) is 6.34. The second-order valence-corrected chi connectivity index (χ2v) is 8.35. The fraction of sp³-hybridized carbons (Fsp3) is 0.444. The summed E-state index contributed by atoms with van der Waals surface area (Å²) in [5.74, 6) is 0.234. The number of urea groups is 1. The summed E-state index contributed by atoms with van der Waals surface area (Å²) in [6.07, 6.45) is 0.893. The van der Waals surface area contributed by atoms with Crippen LogP contribution < -0.4 is 10.6 Å². The molecule has 25 heavy (non-hydrogen) atoms. The Balaban J connectivity index is 1.84. The van der Waals surface area contributed by atoms with E-state index in [0.717, 1.165) is 6.42 Å². The van der Waals surface area contributed by atoms with Crippen molar-refractivity contribution in [2.75, 3.05) is 13.1 Å². The molecule has 0 bridgehead atoms. The number of nitrogens with one attached hydrogen (secondary N) is 2. The zero-order valence-electron chi connectivity index (χ0n) is 14.7. The van der Waals surface area contributed by atoms with E-state index >= 15 is 0 Å². The molecule has 2 rings (SSSR count). The number of carbonyl (C=O) groups is 2. The quantitative estimate of drug-likeness (QED) is 0.699. The highest BCUT2D eigenvalue weighted by Gasteiger charge is 2.15. The zero-order chi connectivity index (χ0) is 18.1. The summed E-state index contributed by atoms with van der Waals surface area (Å²) in [5, 5.41) is 9.20. The minimum absolute atomic E-state index is 0.188. The Hall–Kier alpha value is -1.70. The van der Waals surface area contributed by atoms with Crippen molar-refractivity contribution in [1.29, 1.82) is 0 Å². The topological polar surface area (TPSA) is 61.4 Å². The van der Waals surface area contributed by atoms with Gasteiger partial charge in [-0.2, -0.15) is 0 Å². The van der Waals surface area contributed by atoms with Gasteiger partial charge in [0, 0.05) is 29.4 Å². The molecule has 0 aliphatic rings. The first-order chi connectivity index (χ1) is 12.0. The predicted molar refractivity (Wildman–Crippen MR) is 104 cm³/mol. The summed E-state index contributed by atoms with van der Waals surface area (Å²) >= 11 is 3.34. The first kappa shape index (κ1) is 19.6. The van der Waals surface area contributed by atoms with Crippen LogP contribution in [0.4, 0.5) is 4.79 Å². The van der Waals surface area contributed by atoms with Crippen LogP contribution in [-0.2, 0) is 17.9 Å². The molecule has 0 radical (unpaired) electrons. The number of nitrogens with zero attached hydrogens (tertiary/aromatic N) is 1. The average Bonchev–Trinajstić information content (AvgIpc) is 3.20. The molecule has 0 saturated heterocycles. The summed E-state index contributed by atoms with van der Waals surface area (Å²) in [7, 11) is 0. The van der Waals surface area contributed by atoms with Crippen LogP contribution in [0.15, 0.2) is 35.0 Å². The van der Waals surface area contributed by atoms with Crippen LogP contribution >= 0.6 is 22.7 Å². The number of imide groups is 1. The maximum Gasteiger partial charge on any atom is 0.321 e. The molecule has 2 heterocycles. The number of rotatable bonds is 9. The Bertz CT molecular complexity index is 603. The molecule has 7 heteroatoms. The maximum absolute atomic E-state index is 12.2. The first-order valence-electron chi connectivity index (χ1n) is 8.37. The van der Waals surface area contributed by atoms with Crippen LogP contribution in [0.2, 0.25) is 0 Å². The number of hydrogen-bond acceptors (Lipinski definition) is 5. The van der Waals surface area contributed by atoms with Gasteiger partial charge in [0.1, 0.15) is 0 Å². The second kappa shape index (κ2) is 10.3. The smallest absolute Gasteiger partial charge is 0.321 e. The minimum Gasteiger partial charge on any atom is -0.338 e. The Morgan fingerprint density at radius 3 is 2.16 bits per heavy atom. The summed E-state index contributed by atoms with van der Waals surface area (Å²) in [6, 6.07) is 7.71. The van der Waals surface area contributed by atoms with Crippen molar-refractivity contribution in [2.24, 2.45) is 5.92 Å². The highest BCUT2D eigenvalue weighted by molar-refractivity contribution is 7.10. The molecule has 5 nitrogen and oxygen atoms in total. The van der Waals surface area contributed by atoms with Gasteiger partial charge in [0.05, 0.1) is 6.54 Å². The van der Waals surface area contributed by atoms with Crippen molar-refractivity contribution < 1.29 is 9.59 Å². The van der Waals surface area contributed by atoms with E-state index in [9.17, 15) is 9.59 Å². The lowest BCUT2D eigenvalue weighted by molar-refractivity contribution is -0.121. The van der Waals surface area contributed by atoms with E-state index in [-0.39, 0.29) is 12.5 Å². The molecule has 0 fully saturated rings. The third-order valence-corrected chi connectivity index (χ3v) is 5.27. The minimum atomic E-state index is -0.419. The van der Waals surface area contributed by atoms with Gasteiger partial charge in [-0.25, -0.2) is 4.79 Å². The van der Waals surface area contributed by atoms with E-state index in [1.165, 1.54) is 9.75 Å². The average molecular weight is 380 g/mol. The van der Waals surface area contributed by atoms with Crippen molar-refractivity contribution in [3.8, 4) is 0 Å². The van der Waals surface area contributed by atoms with Crippen molar-refractivity contribution in [3.63, 3.8) is 0 Å². The summed E-state index contributed by atoms with van der Waals surface area (Å²) < 4.78 is 0. The van der Waals surface area contributed by atoms with Crippen LogP contribution in [0.1, 0.15) is 30.0 Å². The summed E-state index contributed by atoms with van der Waals surface area (Å²) in [4.78, 5) is 28.5. The molecule has 136 valence electrons. The third kappa shape index (κ3) is 7.81. The Labute approximate surface area is 157 Å². The number of carbonyl (C=O) groups excluding carboxylic acids is 2. The Morgan fingerprint density at radius 1 is 1.08 bits per heavy atom. The van der Waals surface area contributed by atoms with Gasteiger partial charge >= 0.3 is 6.03 Å². The SMILES string of the molecule is CC(C)CCNC(=O)NC(=O)CN(Cc1cccs1)Cc1cccs1. The van der Waals surface area contributed by atoms with Crippen LogP contribution in [0.3, 0.4) is 0 Å². The van der Waals surface area contributed by atoms with Crippen molar-refractivity contribution in [2.45, 2.75) is 33.4 Å². The highest BCUT2D eigenvalue weighted by Crippen LogP contribution is 2.16. The molecule has 0 atom stereocenters. The molecular formula is C18H25N3O2S2. The molecule has 2 aromatic rings. The van der Waals surface area contributed by atoms with E-state index in [1.54, 1.807) is 22.7 Å². The van der Waals surface area contributed by atoms with E-state index in [1.807, 2.05) is 27.8 Å². The van der Waals surface area contributed by atoms with E-state index in [2.05, 4.69) is 36.6 Å². The fourth-order valence-electron chi connectivity index (χ4n) is 2.30. The zero-order valence-corrected chi connectivity index (χ0v) is 16.3. The largest absolute Gasteiger partial charge is 0.338 e. The van der Waals surface area contributed by atoms with E-state index in [0.29, 0.717) is 25.6 Å². The third-order valence-electron chi connectivity index (χ3n) is 3.55. The standard InChI is InChI=1S/C18H25N3O2S2/c1-14(2)7-8-19-18(23)20-17(22)13-21(11-15-5-3-9-24-15)12-16-6-4-10-25-16/h3-6,9-10,14H,7-8,11-13H2,1-2H3,(H2,19,20,22,23). The number of amides is 3. The van der Waals surface area contributed by atoms with Crippen LogP contribution in [0.25, 0.3) is 0 Å². The monoisotopic (exact) mass is 379 g/mol. The van der Waals surface area contributed by atoms with Gasteiger partial charge in [-0.1, -0.05) is 26.0 Å². The molecular weight excluding hydrogens is 354 g/mol. The number of thiophene rings is 2. The van der Waals surface area contributed by atoms with E-state index in [4.69, 9.17) is 0 Å². The Kier molecular flexibility index (Phi) is 8.11. The molecule has 0 unspecified atom stereocenters. The van der Waals surface area contributed by atoms with Gasteiger partial charge in [-0.15, -0.1) is 22.7 Å². The first-order valence-corrected chi connectivity index (χ1v) is 10.1. The fourth-order valence-corrected chi connectivity index (χ4v) is 3.79. The molecule has 0 saturated carbocycles. The molecule has 2 aromatic heterocycles. The van der Waals surface area contributed by atoms with Crippen molar-refractivity contribution in [1.82, 2.24) is 15.5 Å². The van der Waals surface area contributed by atoms with Gasteiger partial charge in [-0.05, 0) is 35.2 Å². The molecule has 0 aromatic carbocycles. The Morgan fingerprint density at radius 2 is 1.68 bits per heavy atom. The van der Waals surface area contributed by atoms with Gasteiger partial charge in [-0.3, -0.25) is 15.0 Å². The molecule has 0 spiro atoms. The second-order valence-electron chi connectivity index (χ2n) is 6.29. The molecule has 0 aliphatic heterocycles. The van der Waals surface area contributed by atoms with Gasteiger partial charge in [0.15, 0.2) is 0 Å². The van der Waals surface area contributed by atoms with Crippen LogP contribution in [0.5, 0.6) is 0 Å². The molecule has 3 amide bonds. The van der Waals surface area contributed by atoms with Crippen LogP contribution in [0, 0.1) is 5.92 Å². The predicted octanol–water partition coefficient (Wildman–Crippen LogP) is 3.68. The lowest BCUT2D eigenvalue weighted by atomic mass is 10.1. The van der Waals surface area contributed by atoms with Crippen molar-refractivity contribution in [3.05, 3.63) is 44.8 Å². The molecule has 2 N–H and O–H groups in total. The highest BCUT2D eigenvalue weighted by atomic mass is 32.1. The van der Waals surface area contributed by atoms with Gasteiger partial charge in [0.25, 0.3) is 0 Å². The van der Waals surface area contributed by atoms with Gasteiger partial charge in [0.2, 0.25) is 5.91 Å². The van der Waals surface area contributed by atoms with Gasteiger partial charge < -0.3 is 5.32 Å². The lowest BCUT2D eigenvalue weighted by Gasteiger charge is -2.20. The maximum atomic E-state index is 12.2. The van der Waals surface area contributed by atoms with Crippen LogP contribution in [-0.4, -0.2) is 29.9 Å². The van der Waals surface area contributed by atoms with Crippen molar-refractivity contribution >= 4 is 34.6 Å². The normalized spacial score (nSPS) is 11.0. The molecule has 0 aliphatic carbocycles. The number of hydrogen-bond donors (Lipinski definition) is 2. The summed E-state index contributed by atoms with van der Waals surface area (Å²) in [5.41, 5.74) is 0. The lowest BCUT2D eigenvalue weighted by Crippen LogP contribution is -2.44.